The van der Waals surface area contributed by atoms with Crippen LogP contribution in [0.15, 0.2) is 18.2 Å². The van der Waals surface area contributed by atoms with Gasteiger partial charge in [-0.15, -0.1) is 0 Å². The first kappa shape index (κ1) is 30.4. The third kappa shape index (κ3) is 6.57. The summed E-state index contributed by atoms with van der Waals surface area (Å²) in [4.78, 5) is 44.7. The first-order chi connectivity index (χ1) is 20.5. The highest BCUT2D eigenvalue weighted by Gasteiger charge is 2.60. The largest absolute Gasteiger partial charge is 0.341 e. The number of hydrogen-bond acceptors (Lipinski definition) is 4. The second kappa shape index (κ2) is 11.7. The minimum atomic E-state index is -0.433. The number of carbonyl (C=O) groups excluding carboxylic acids is 3. The quantitative estimate of drug-likeness (QED) is 0.463. The lowest BCUT2D eigenvalue weighted by Crippen LogP contribution is -2.65. The van der Waals surface area contributed by atoms with Gasteiger partial charge in [-0.3, -0.25) is 14.5 Å². The van der Waals surface area contributed by atoms with Crippen LogP contribution in [0.4, 0.5) is 14.9 Å². The molecule has 6 fully saturated rings. The number of nitrogens with one attached hydrogen (secondary N) is 2. The van der Waals surface area contributed by atoms with Gasteiger partial charge < -0.3 is 20.4 Å². The molecule has 3 atom stereocenters. The van der Waals surface area contributed by atoms with Gasteiger partial charge in [0.25, 0.3) is 0 Å². The lowest BCUT2D eigenvalue weighted by Gasteiger charge is -2.65. The van der Waals surface area contributed by atoms with E-state index in [-0.39, 0.29) is 45.8 Å². The Kier molecular flexibility index (Phi) is 8.24. The lowest BCUT2D eigenvalue weighted by molar-refractivity contribution is -0.138. The molecule has 1 aromatic carbocycles. The Balaban J connectivity index is 1.02. The second-order valence-corrected chi connectivity index (χ2v) is 15.3. The molecule has 0 spiro atoms. The number of urea groups is 1. The normalized spacial score (nSPS) is 34.1. The van der Waals surface area contributed by atoms with Gasteiger partial charge >= 0.3 is 6.03 Å². The van der Waals surface area contributed by atoms with Gasteiger partial charge in [-0.05, 0) is 98.8 Å². The highest BCUT2D eigenvalue weighted by atomic mass is 19.1. The fourth-order valence-corrected chi connectivity index (χ4v) is 10.3. The van der Waals surface area contributed by atoms with E-state index in [4.69, 9.17) is 0 Å². The van der Waals surface area contributed by atoms with Gasteiger partial charge in [0, 0.05) is 51.2 Å². The fourth-order valence-electron chi connectivity index (χ4n) is 10.3. The Morgan fingerprint density at radius 2 is 1.65 bits per heavy atom. The predicted octanol–water partition coefficient (Wildman–Crippen LogP) is 5.38. The molecule has 4 saturated carbocycles. The molecule has 1 aromatic rings. The molecule has 4 aliphatic carbocycles. The zero-order chi connectivity index (χ0) is 30.4. The van der Waals surface area contributed by atoms with Crippen molar-refractivity contribution in [3.63, 3.8) is 0 Å². The van der Waals surface area contributed by atoms with E-state index in [1.807, 2.05) is 22.8 Å². The zero-order valence-corrected chi connectivity index (χ0v) is 26.4. The Bertz CT molecular complexity index is 1240. The molecule has 4 amide bonds. The van der Waals surface area contributed by atoms with Gasteiger partial charge in [0.05, 0.1) is 11.6 Å². The minimum absolute atomic E-state index is 0.0780. The Morgan fingerprint density at radius 3 is 2.35 bits per heavy atom. The van der Waals surface area contributed by atoms with E-state index < -0.39 is 5.82 Å². The summed E-state index contributed by atoms with van der Waals surface area (Å²) in [5, 5.41) is 6.11. The summed E-state index contributed by atoms with van der Waals surface area (Å²) in [6, 6.07) is 4.75. The van der Waals surface area contributed by atoms with Crippen LogP contribution < -0.4 is 10.6 Å². The Hall–Kier alpha value is -2.68. The number of hydrogen-bond donors (Lipinski definition) is 2. The molecule has 7 rings (SSSR count). The van der Waals surface area contributed by atoms with E-state index >= 15 is 4.39 Å². The maximum atomic E-state index is 15.2. The summed E-state index contributed by atoms with van der Waals surface area (Å²) in [6.45, 7) is 11.3. The van der Waals surface area contributed by atoms with Crippen molar-refractivity contribution >= 4 is 23.5 Å². The van der Waals surface area contributed by atoms with E-state index in [0.29, 0.717) is 51.6 Å². The number of piperidine rings is 1. The van der Waals surface area contributed by atoms with Crippen molar-refractivity contribution in [2.75, 3.05) is 44.6 Å². The van der Waals surface area contributed by atoms with Crippen LogP contribution in [0, 0.1) is 28.5 Å². The van der Waals surface area contributed by atoms with Crippen molar-refractivity contribution in [1.29, 1.82) is 0 Å². The van der Waals surface area contributed by atoms with Crippen molar-refractivity contribution in [1.82, 2.24) is 20.0 Å². The predicted molar refractivity (Wildman–Crippen MR) is 165 cm³/mol. The summed E-state index contributed by atoms with van der Waals surface area (Å²) in [6.07, 6.45) is 9.89. The standard InChI is InChI=1S/C34H50FN5O3/c1-4-29(41)39-11-6-12-40(14-13-39)30(42)26-7-5-10-38(20-26)19-24-8-9-28(27(35)15-24)36-31(43)37-34-18-25-16-32(2,22-34)21-33(3,17-25)23-34/h8-9,15,25-26H,4-7,10-14,16-23H2,1-3H3,(H2,36,37,43). The number of rotatable bonds is 6. The smallest absolute Gasteiger partial charge is 0.319 e. The number of nitrogens with zero attached hydrogens (tertiary/aromatic N) is 3. The third-order valence-electron chi connectivity index (χ3n) is 11.0. The average Bonchev–Trinajstić information content (AvgIpc) is 3.18. The first-order valence-corrected chi connectivity index (χ1v) is 16.6. The summed E-state index contributed by atoms with van der Waals surface area (Å²) in [7, 11) is 0. The van der Waals surface area contributed by atoms with E-state index in [1.54, 1.807) is 6.07 Å². The maximum absolute atomic E-state index is 15.2. The first-order valence-electron chi connectivity index (χ1n) is 16.6. The van der Waals surface area contributed by atoms with Crippen LogP contribution in [0.2, 0.25) is 0 Å². The van der Waals surface area contributed by atoms with Crippen LogP contribution in [0.25, 0.3) is 0 Å². The van der Waals surface area contributed by atoms with Crippen LogP contribution in [0.3, 0.4) is 0 Å². The number of carbonyl (C=O) groups is 3. The van der Waals surface area contributed by atoms with Gasteiger partial charge in [-0.2, -0.15) is 0 Å². The number of amides is 4. The van der Waals surface area contributed by atoms with Crippen molar-refractivity contribution in [2.45, 2.75) is 97.1 Å². The van der Waals surface area contributed by atoms with Gasteiger partial charge in [-0.25, -0.2) is 9.18 Å². The van der Waals surface area contributed by atoms with E-state index in [2.05, 4.69) is 29.4 Å². The summed E-state index contributed by atoms with van der Waals surface area (Å²) >= 11 is 0. The molecular formula is C34H50FN5O3. The molecule has 2 N–H and O–H groups in total. The molecular weight excluding hydrogens is 545 g/mol. The van der Waals surface area contributed by atoms with Crippen LogP contribution in [0.1, 0.15) is 90.5 Å². The van der Waals surface area contributed by atoms with Gasteiger partial charge in [0.2, 0.25) is 11.8 Å². The number of benzene rings is 1. The van der Waals surface area contributed by atoms with Crippen molar-refractivity contribution in [3.8, 4) is 0 Å². The molecule has 236 valence electrons. The SMILES string of the molecule is CCC(=O)N1CCCN(C(=O)C2CCCN(Cc3ccc(NC(=O)NC45CC6CC(C)(CC(C)(C6)C4)C5)c(F)c3)C2)CC1. The average molecular weight is 596 g/mol. The van der Waals surface area contributed by atoms with Gasteiger partial charge in [0.15, 0.2) is 0 Å². The lowest BCUT2D eigenvalue weighted by atomic mass is 9.43. The topological polar surface area (TPSA) is 85.0 Å². The molecule has 2 saturated heterocycles. The Morgan fingerprint density at radius 1 is 0.930 bits per heavy atom. The molecule has 4 bridgehead atoms. The number of likely N-dealkylation sites (tertiary alicyclic amines) is 1. The summed E-state index contributed by atoms with van der Waals surface area (Å²) in [5.41, 5.74) is 1.42. The van der Waals surface area contributed by atoms with Crippen molar-refractivity contribution < 1.29 is 18.8 Å². The number of anilines is 1. The highest BCUT2D eigenvalue weighted by Crippen LogP contribution is 2.66. The molecule has 8 nitrogen and oxygen atoms in total. The Labute approximate surface area is 256 Å². The zero-order valence-electron chi connectivity index (χ0n) is 26.4. The van der Waals surface area contributed by atoms with E-state index in [9.17, 15) is 14.4 Å². The van der Waals surface area contributed by atoms with Crippen LogP contribution in [0.5, 0.6) is 0 Å². The van der Waals surface area contributed by atoms with Crippen LogP contribution in [-0.4, -0.2) is 77.4 Å². The van der Waals surface area contributed by atoms with Crippen LogP contribution in [-0.2, 0) is 16.1 Å². The summed E-state index contributed by atoms with van der Waals surface area (Å²) in [5.74, 6) is 0.481. The molecule has 0 radical (unpaired) electrons. The molecule has 6 aliphatic rings. The van der Waals surface area contributed by atoms with Crippen molar-refractivity contribution in [3.05, 3.63) is 29.6 Å². The molecule has 9 heteroatoms. The number of halogens is 1. The van der Waals surface area contributed by atoms with E-state index in [0.717, 1.165) is 50.6 Å². The van der Waals surface area contributed by atoms with Crippen molar-refractivity contribution in [2.24, 2.45) is 22.7 Å². The molecule has 0 aromatic heterocycles. The molecule has 43 heavy (non-hydrogen) atoms. The highest BCUT2D eigenvalue weighted by molar-refractivity contribution is 5.90. The molecule has 3 unspecified atom stereocenters. The van der Waals surface area contributed by atoms with Gasteiger partial charge in [-0.1, -0.05) is 26.8 Å². The van der Waals surface area contributed by atoms with Gasteiger partial charge in [0.1, 0.15) is 5.82 Å². The second-order valence-electron chi connectivity index (χ2n) is 15.3. The fraction of sp³-hybridized carbons (Fsp3) is 0.735. The minimum Gasteiger partial charge on any atom is -0.341 e. The maximum Gasteiger partial charge on any atom is 0.319 e. The van der Waals surface area contributed by atoms with E-state index in [1.165, 1.54) is 25.3 Å². The van der Waals surface area contributed by atoms with Crippen LogP contribution >= 0.6 is 0 Å². The molecule has 2 heterocycles. The third-order valence-corrected chi connectivity index (χ3v) is 11.0. The monoisotopic (exact) mass is 595 g/mol. The summed E-state index contributed by atoms with van der Waals surface area (Å²) < 4.78 is 15.2. The molecule has 2 aliphatic heterocycles.